The number of carbonyl (C=O) groups is 1. The zero-order chi connectivity index (χ0) is 9.90. The van der Waals surface area contributed by atoms with E-state index in [1.807, 2.05) is 0 Å². The number of ether oxygens (including phenoxy) is 1. The highest BCUT2D eigenvalue weighted by molar-refractivity contribution is 5.78. The Morgan fingerprint density at radius 1 is 1.77 bits per heavy atom. The summed E-state index contributed by atoms with van der Waals surface area (Å²) in [7, 11) is 1.67. The van der Waals surface area contributed by atoms with Crippen molar-refractivity contribution in [3.63, 3.8) is 0 Å². The number of hydrogen-bond donors (Lipinski definition) is 2. The molecule has 2 unspecified atom stereocenters. The van der Waals surface area contributed by atoms with Gasteiger partial charge >= 0.3 is 0 Å². The largest absolute Gasteiger partial charge is 0.385 e. The molecule has 4 nitrogen and oxygen atoms in total. The van der Waals surface area contributed by atoms with Gasteiger partial charge in [-0.3, -0.25) is 4.79 Å². The number of nitrogens with one attached hydrogen (secondary N) is 1. The number of methoxy groups -OCH3 is 1. The standard InChI is InChI=1S/C9H18N2O2/c1-9(3-4-13-2)6-11-5-7(9)8(10)12/h7,11H,3-6H2,1-2H3,(H2,10,12). The summed E-state index contributed by atoms with van der Waals surface area (Å²) >= 11 is 0. The van der Waals surface area contributed by atoms with E-state index in [2.05, 4.69) is 12.2 Å². The summed E-state index contributed by atoms with van der Waals surface area (Å²) in [6, 6.07) is 0. The Morgan fingerprint density at radius 2 is 2.46 bits per heavy atom. The van der Waals surface area contributed by atoms with Crippen LogP contribution in [-0.2, 0) is 9.53 Å². The second-order valence-corrected chi connectivity index (χ2v) is 3.98. The molecule has 4 heteroatoms. The van der Waals surface area contributed by atoms with Crippen LogP contribution in [0.5, 0.6) is 0 Å². The van der Waals surface area contributed by atoms with Crippen molar-refractivity contribution >= 4 is 5.91 Å². The first-order valence-corrected chi connectivity index (χ1v) is 4.59. The van der Waals surface area contributed by atoms with Crippen molar-refractivity contribution in [2.45, 2.75) is 13.3 Å². The molecular weight excluding hydrogens is 168 g/mol. The first-order chi connectivity index (χ1) is 6.10. The first-order valence-electron chi connectivity index (χ1n) is 4.59. The normalized spacial score (nSPS) is 33.5. The van der Waals surface area contributed by atoms with Crippen LogP contribution in [-0.4, -0.2) is 32.7 Å². The highest BCUT2D eigenvalue weighted by atomic mass is 16.5. The Bertz CT molecular complexity index is 196. The molecule has 3 N–H and O–H groups in total. The van der Waals surface area contributed by atoms with Crippen LogP contribution in [0, 0.1) is 11.3 Å². The summed E-state index contributed by atoms with van der Waals surface area (Å²) in [6.07, 6.45) is 0.879. The van der Waals surface area contributed by atoms with Crippen molar-refractivity contribution in [2.75, 3.05) is 26.8 Å². The Balaban J connectivity index is 2.58. The van der Waals surface area contributed by atoms with Crippen LogP contribution in [0.2, 0.25) is 0 Å². The number of amides is 1. The quantitative estimate of drug-likeness (QED) is 0.635. The summed E-state index contributed by atoms with van der Waals surface area (Å²) in [5, 5.41) is 3.20. The van der Waals surface area contributed by atoms with Gasteiger partial charge in [0.15, 0.2) is 0 Å². The molecule has 1 heterocycles. The fourth-order valence-corrected chi connectivity index (χ4v) is 1.91. The molecule has 0 aromatic carbocycles. The van der Waals surface area contributed by atoms with Gasteiger partial charge in [0.05, 0.1) is 5.92 Å². The molecule has 0 bridgehead atoms. The number of carbonyl (C=O) groups excluding carboxylic acids is 1. The summed E-state index contributed by atoms with van der Waals surface area (Å²) in [6.45, 7) is 4.32. The summed E-state index contributed by atoms with van der Waals surface area (Å²) < 4.78 is 5.02. The maximum atomic E-state index is 11.1. The maximum Gasteiger partial charge on any atom is 0.222 e. The van der Waals surface area contributed by atoms with Crippen LogP contribution in [0.25, 0.3) is 0 Å². The molecule has 1 rings (SSSR count). The third kappa shape index (κ3) is 2.19. The highest BCUT2D eigenvalue weighted by Crippen LogP contribution is 2.34. The van der Waals surface area contributed by atoms with Gasteiger partial charge in [-0.05, 0) is 11.8 Å². The second-order valence-electron chi connectivity index (χ2n) is 3.98. The fraction of sp³-hybridized carbons (Fsp3) is 0.889. The zero-order valence-corrected chi connectivity index (χ0v) is 8.30. The zero-order valence-electron chi connectivity index (χ0n) is 8.30. The van der Waals surface area contributed by atoms with E-state index in [9.17, 15) is 4.79 Å². The van der Waals surface area contributed by atoms with Crippen molar-refractivity contribution in [2.24, 2.45) is 17.1 Å². The van der Waals surface area contributed by atoms with Gasteiger partial charge in [-0.25, -0.2) is 0 Å². The predicted molar refractivity (Wildman–Crippen MR) is 50.2 cm³/mol. The van der Waals surface area contributed by atoms with E-state index in [1.54, 1.807) is 7.11 Å². The van der Waals surface area contributed by atoms with Crippen LogP contribution in [0.4, 0.5) is 0 Å². The maximum absolute atomic E-state index is 11.1. The lowest BCUT2D eigenvalue weighted by atomic mass is 9.77. The van der Waals surface area contributed by atoms with E-state index in [0.29, 0.717) is 13.2 Å². The molecule has 0 saturated carbocycles. The Kier molecular flexibility index (Phi) is 3.27. The van der Waals surface area contributed by atoms with Crippen LogP contribution >= 0.6 is 0 Å². The van der Waals surface area contributed by atoms with Crippen molar-refractivity contribution < 1.29 is 9.53 Å². The molecular formula is C9H18N2O2. The molecule has 0 aromatic heterocycles. The SMILES string of the molecule is COCCC1(C)CNCC1C(N)=O. The lowest BCUT2D eigenvalue weighted by molar-refractivity contribution is -0.124. The second kappa shape index (κ2) is 4.07. The van der Waals surface area contributed by atoms with Gasteiger partial charge in [0.2, 0.25) is 5.91 Å². The molecule has 0 radical (unpaired) electrons. The van der Waals surface area contributed by atoms with E-state index >= 15 is 0 Å². The van der Waals surface area contributed by atoms with Gasteiger partial charge < -0.3 is 15.8 Å². The molecule has 0 spiro atoms. The van der Waals surface area contributed by atoms with E-state index in [0.717, 1.165) is 13.0 Å². The number of rotatable bonds is 4. The average Bonchev–Trinajstić information content (AvgIpc) is 2.44. The minimum atomic E-state index is -0.205. The monoisotopic (exact) mass is 186 g/mol. The van der Waals surface area contributed by atoms with E-state index in [1.165, 1.54) is 0 Å². The molecule has 76 valence electrons. The predicted octanol–water partition coefficient (Wildman–Crippen LogP) is -0.266. The third-order valence-electron chi connectivity index (χ3n) is 2.94. The average molecular weight is 186 g/mol. The van der Waals surface area contributed by atoms with Crippen LogP contribution in [0.3, 0.4) is 0 Å². The Morgan fingerprint density at radius 3 is 3.00 bits per heavy atom. The number of primary amides is 1. The van der Waals surface area contributed by atoms with Crippen LogP contribution in [0.1, 0.15) is 13.3 Å². The minimum absolute atomic E-state index is 0.0259. The number of nitrogens with two attached hydrogens (primary N) is 1. The van der Waals surface area contributed by atoms with Gasteiger partial charge in [0.1, 0.15) is 0 Å². The van der Waals surface area contributed by atoms with Gasteiger partial charge in [0.25, 0.3) is 0 Å². The van der Waals surface area contributed by atoms with E-state index < -0.39 is 0 Å². The summed E-state index contributed by atoms with van der Waals surface area (Å²) in [4.78, 5) is 11.1. The van der Waals surface area contributed by atoms with Crippen molar-refractivity contribution in [3.05, 3.63) is 0 Å². The Labute approximate surface area is 78.8 Å². The molecule has 0 aliphatic carbocycles. The van der Waals surface area contributed by atoms with Crippen LogP contribution < -0.4 is 11.1 Å². The van der Waals surface area contributed by atoms with Gasteiger partial charge in [-0.2, -0.15) is 0 Å². The lowest BCUT2D eigenvalue weighted by Gasteiger charge is -2.27. The molecule has 2 atom stereocenters. The molecule has 1 aliphatic heterocycles. The summed E-state index contributed by atoms with van der Waals surface area (Å²) in [5.41, 5.74) is 5.30. The molecule has 1 saturated heterocycles. The van der Waals surface area contributed by atoms with Gasteiger partial charge in [-0.15, -0.1) is 0 Å². The topological polar surface area (TPSA) is 64.3 Å². The van der Waals surface area contributed by atoms with Crippen molar-refractivity contribution in [1.82, 2.24) is 5.32 Å². The molecule has 0 aromatic rings. The van der Waals surface area contributed by atoms with Crippen molar-refractivity contribution in [3.8, 4) is 0 Å². The molecule has 1 aliphatic rings. The van der Waals surface area contributed by atoms with Crippen molar-refractivity contribution in [1.29, 1.82) is 0 Å². The van der Waals surface area contributed by atoms with E-state index in [-0.39, 0.29) is 17.2 Å². The first kappa shape index (κ1) is 10.5. The summed E-state index contributed by atoms with van der Waals surface area (Å²) in [5.74, 6) is -0.258. The lowest BCUT2D eigenvalue weighted by Crippen LogP contribution is -2.37. The van der Waals surface area contributed by atoms with E-state index in [4.69, 9.17) is 10.5 Å². The molecule has 13 heavy (non-hydrogen) atoms. The van der Waals surface area contributed by atoms with Gasteiger partial charge in [0, 0.05) is 26.8 Å². The molecule has 1 fully saturated rings. The number of hydrogen-bond acceptors (Lipinski definition) is 3. The minimum Gasteiger partial charge on any atom is -0.385 e. The highest BCUT2D eigenvalue weighted by Gasteiger charge is 2.41. The smallest absolute Gasteiger partial charge is 0.222 e. The third-order valence-corrected chi connectivity index (χ3v) is 2.94. The Hall–Kier alpha value is -0.610. The van der Waals surface area contributed by atoms with Crippen LogP contribution in [0.15, 0.2) is 0 Å². The fourth-order valence-electron chi connectivity index (χ4n) is 1.91. The molecule has 1 amide bonds. The van der Waals surface area contributed by atoms with Gasteiger partial charge in [-0.1, -0.05) is 6.92 Å².